The molecule has 4 nitrogen and oxygen atoms in total. The summed E-state index contributed by atoms with van der Waals surface area (Å²) in [6.45, 7) is 0. The van der Waals surface area contributed by atoms with Gasteiger partial charge in [-0.3, -0.25) is 4.79 Å². The Morgan fingerprint density at radius 2 is 2.50 bits per heavy atom. The number of carbonyl (C=O) groups excluding carboxylic acids is 2. The molecule has 1 heterocycles. The van der Waals surface area contributed by atoms with E-state index in [1.165, 1.54) is 17.8 Å². The third kappa shape index (κ3) is 1.23. The van der Waals surface area contributed by atoms with E-state index in [2.05, 4.69) is 17.3 Å². The molecule has 10 heavy (non-hydrogen) atoms. The highest BCUT2D eigenvalue weighted by Gasteiger charge is 2.26. The van der Waals surface area contributed by atoms with Gasteiger partial charge in [-0.1, -0.05) is 29.1 Å². The van der Waals surface area contributed by atoms with Crippen molar-refractivity contribution in [2.45, 2.75) is 0 Å². The highest BCUT2D eigenvalue weighted by atomic mass is 32.2. The third-order valence-electron chi connectivity index (χ3n) is 0.869. The highest BCUT2D eigenvalue weighted by Crippen LogP contribution is 2.18. The van der Waals surface area contributed by atoms with Gasteiger partial charge in [0, 0.05) is 0 Å². The fourth-order valence-corrected chi connectivity index (χ4v) is 1.44. The molecule has 6 heteroatoms. The molecule has 0 aromatic rings. The van der Waals surface area contributed by atoms with Crippen molar-refractivity contribution >= 4 is 40.3 Å². The maximum Gasteiger partial charge on any atom is 0.259 e. The van der Waals surface area contributed by atoms with Crippen LogP contribution in [0, 0.1) is 0 Å². The summed E-state index contributed by atoms with van der Waals surface area (Å²) < 4.78 is 0.313. The molecule has 0 saturated carbocycles. The summed E-state index contributed by atoms with van der Waals surface area (Å²) >= 11 is 5.87. The van der Waals surface area contributed by atoms with E-state index in [-0.39, 0.29) is 11.7 Å². The minimum Gasteiger partial charge on any atom is -0.271 e. The maximum absolute atomic E-state index is 10.7. The Hall–Kier alpha value is -0.710. The lowest BCUT2D eigenvalue weighted by atomic mass is 10.7. The molecule has 0 atom stereocenters. The molecule has 0 aromatic heterocycles. The largest absolute Gasteiger partial charge is 0.271 e. The lowest BCUT2D eigenvalue weighted by Gasteiger charge is -2.01. The zero-order valence-corrected chi connectivity index (χ0v) is 6.37. The summed E-state index contributed by atoms with van der Waals surface area (Å²) in [4.78, 5) is 20.4. The Kier molecular flexibility index (Phi) is 2.16. The Morgan fingerprint density at radius 3 is 2.90 bits per heavy atom. The van der Waals surface area contributed by atoms with Crippen LogP contribution < -0.4 is 0 Å². The molecule has 1 aliphatic rings. The first-order valence-electron chi connectivity index (χ1n) is 2.33. The van der Waals surface area contributed by atoms with Gasteiger partial charge in [-0.15, -0.1) is 0 Å². The summed E-state index contributed by atoms with van der Waals surface area (Å²) in [7, 11) is 0. The Balaban J connectivity index is 2.81. The van der Waals surface area contributed by atoms with Crippen LogP contribution in [0.4, 0.5) is 0 Å². The van der Waals surface area contributed by atoms with Crippen LogP contribution in [0.2, 0.25) is 0 Å². The van der Waals surface area contributed by atoms with Gasteiger partial charge in [0.2, 0.25) is 0 Å². The van der Waals surface area contributed by atoms with E-state index in [0.717, 1.165) is 5.01 Å². The van der Waals surface area contributed by atoms with Crippen LogP contribution in [-0.4, -0.2) is 27.1 Å². The molecule has 1 aliphatic heterocycles. The summed E-state index contributed by atoms with van der Waals surface area (Å²) in [6.07, 6.45) is 1.25. The number of amides is 1. The summed E-state index contributed by atoms with van der Waals surface area (Å²) in [5.41, 5.74) is 0. The number of thioether (sulfide) groups is 1. The van der Waals surface area contributed by atoms with Crippen molar-refractivity contribution in [3.8, 4) is 0 Å². The van der Waals surface area contributed by atoms with Gasteiger partial charge in [0.15, 0.2) is 4.32 Å². The van der Waals surface area contributed by atoms with Crippen LogP contribution in [0.15, 0.2) is 5.10 Å². The first-order chi connectivity index (χ1) is 4.75. The number of thiocarbonyl (C=S) groups is 1. The molecule has 1 rings (SSSR count). The van der Waals surface area contributed by atoms with Gasteiger partial charge in [-0.2, -0.15) is 5.01 Å². The molecule has 0 spiro atoms. The predicted molar refractivity (Wildman–Crippen MR) is 40.0 cm³/mol. The molecule has 0 radical (unpaired) electrons. The first kappa shape index (κ1) is 7.40. The molecule has 0 unspecified atom stereocenters. The fraction of sp³-hybridized carbons (Fsp3) is 0.250. The molecule has 52 valence electrons. The number of hydrazone groups is 1. The topological polar surface area (TPSA) is 49.7 Å². The van der Waals surface area contributed by atoms with E-state index in [1.54, 1.807) is 0 Å². The van der Waals surface area contributed by atoms with Crippen molar-refractivity contribution in [2.75, 3.05) is 5.75 Å². The summed E-state index contributed by atoms with van der Waals surface area (Å²) in [5.74, 6) is 0.00245. The standard InChI is InChI=1S/C4H2N2O2S2/c7-2-5-6-3(8)1-10-4(6)9/h1H2. The first-order valence-corrected chi connectivity index (χ1v) is 3.72. The van der Waals surface area contributed by atoms with Crippen LogP contribution in [0.1, 0.15) is 0 Å². The second kappa shape index (κ2) is 2.92. The predicted octanol–water partition coefficient (Wildman–Crippen LogP) is 0.0975. The number of carbonyl (C=O) groups is 1. The van der Waals surface area contributed by atoms with E-state index in [9.17, 15) is 9.59 Å². The van der Waals surface area contributed by atoms with Gasteiger partial charge in [0.1, 0.15) is 0 Å². The lowest BCUT2D eigenvalue weighted by Crippen LogP contribution is -2.21. The zero-order chi connectivity index (χ0) is 7.56. The van der Waals surface area contributed by atoms with Gasteiger partial charge in [0.25, 0.3) is 12.0 Å². The molecule has 0 aliphatic carbocycles. The van der Waals surface area contributed by atoms with Crippen molar-refractivity contribution in [1.29, 1.82) is 0 Å². The minimum atomic E-state index is -0.265. The van der Waals surface area contributed by atoms with Gasteiger partial charge in [-0.25, -0.2) is 4.79 Å². The molecule has 1 fully saturated rings. The number of rotatable bonds is 1. The molecule has 0 bridgehead atoms. The Labute approximate surface area is 66.3 Å². The SMILES string of the molecule is O=C=NN1C(=O)CSC1=S. The normalized spacial score (nSPS) is 17.4. The van der Waals surface area contributed by atoms with Crippen LogP contribution in [-0.2, 0) is 9.59 Å². The third-order valence-corrected chi connectivity index (χ3v) is 2.21. The Morgan fingerprint density at radius 1 is 1.80 bits per heavy atom. The maximum atomic E-state index is 10.7. The number of isocyanates is 1. The van der Waals surface area contributed by atoms with Crippen LogP contribution in [0.25, 0.3) is 0 Å². The van der Waals surface area contributed by atoms with Crippen LogP contribution in [0.5, 0.6) is 0 Å². The van der Waals surface area contributed by atoms with Crippen molar-refractivity contribution in [2.24, 2.45) is 5.10 Å². The molecular weight excluding hydrogens is 172 g/mol. The lowest BCUT2D eigenvalue weighted by molar-refractivity contribution is -0.124. The second-order valence-corrected chi connectivity index (χ2v) is 3.06. The summed E-state index contributed by atoms with van der Waals surface area (Å²) in [6, 6.07) is 0. The van der Waals surface area contributed by atoms with E-state index < -0.39 is 0 Å². The van der Waals surface area contributed by atoms with Crippen molar-refractivity contribution < 1.29 is 9.59 Å². The molecule has 0 aromatic carbocycles. The fourth-order valence-electron chi connectivity index (χ4n) is 0.485. The average molecular weight is 174 g/mol. The van der Waals surface area contributed by atoms with E-state index in [1.807, 2.05) is 0 Å². The molecular formula is C4H2N2O2S2. The van der Waals surface area contributed by atoms with Crippen LogP contribution in [0.3, 0.4) is 0 Å². The van der Waals surface area contributed by atoms with E-state index in [4.69, 9.17) is 0 Å². The average Bonchev–Trinajstić information content (AvgIpc) is 2.20. The van der Waals surface area contributed by atoms with Gasteiger partial charge in [0.05, 0.1) is 5.75 Å². The Bertz CT molecular complexity index is 217. The monoisotopic (exact) mass is 174 g/mol. The molecule has 1 amide bonds. The molecule has 0 N–H and O–H groups in total. The molecule has 1 saturated heterocycles. The van der Waals surface area contributed by atoms with Gasteiger partial charge in [-0.05, 0) is 0 Å². The smallest absolute Gasteiger partial charge is 0.259 e. The minimum absolute atomic E-state index is 0.265. The number of hydrogen-bond donors (Lipinski definition) is 0. The van der Waals surface area contributed by atoms with Gasteiger partial charge >= 0.3 is 0 Å². The number of hydrogen-bond acceptors (Lipinski definition) is 5. The van der Waals surface area contributed by atoms with Crippen molar-refractivity contribution in [1.82, 2.24) is 5.01 Å². The van der Waals surface area contributed by atoms with Crippen molar-refractivity contribution in [3.05, 3.63) is 0 Å². The second-order valence-electron chi connectivity index (χ2n) is 1.45. The van der Waals surface area contributed by atoms with Crippen LogP contribution >= 0.6 is 24.0 Å². The summed E-state index contributed by atoms with van der Waals surface area (Å²) in [5, 5.41) is 3.98. The van der Waals surface area contributed by atoms with E-state index in [0.29, 0.717) is 4.32 Å². The number of nitrogens with zero attached hydrogens (tertiary/aromatic N) is 2. The zero-order valence-electron chi connectivity index (χ0n) is 4.73. The quantitative estimate of drug-likeness (QED) is 0.321. The highest BCUT2D eigenvalue weighted by molar-refractivity contribution is 8.23. The van der Waals surface area contributed by atoms with E-state index >= 15 is 0 Å². The van der Waals surface area contributed by atoms with Crippen molar-refractivity contribution in [3.63, 3.8) is 0 Å². The van der Waals surface area contributed by atoms with Gasteiger partial charge < -0.3 is 0 Å².